The molecule has 7 heteroatoms. The van der Waals surface area contributed by atoms with Crippen LogP contribution in [0.3, 0.4) is 0 Å². The Kier molecular flexibility index (Phi) is 5.29. The molecule has 1 aromatic heterocycles. The summed E-state index contributed by atoms with van der Waals surface area (Å²) in [7, 11) is 0. The van der Waals surface area contributed by atoms with E-state index in [0.29, 0.717) is 12.3 Å². The Bertz CT molecular complexity index is 812. The van der Waals surface area contributed by atoms with Gasteiger partial charge in [0.25, 0.3) is 5.91 Å². The number of carbonyl (C=O) groups excluding carboxylic acids is 1. The van der Waals surface area contributed by atoms with Crippen LogP contribution in [0.15, 0.2) is 30.5 Å². The van der Waals surface area contributed by atoms with Crippen molar-refractivity contribution in [3.05, 3.63) is 53.4 Å². The molecule has 1 atom stereocenters. The first-order valence-corrected chi connectivity index (χ1v) is 9.44. The Labute approximate surface area is 157 Å². The van der Waals surface area contributed by atoms with Crippen molar-refractivity contribution in [2.75, 3.05) is 19.7 Å². The van der Waals surface area contributed by atoms with Crippen LogP contribution in [0.2, 0.25) is 0 Å². The minimum absolute atomic E-state index is 0.0724. The summed E-state index contributed by atoms with van der Waals surface area (Å²) in [6.07, 6.45) is 5.65. The molecule has 3 heterocycles. The third-order valence-electron chi connectivity index (χ3n) is 5.12. The summed E-state index contributed by atoms with van der Waals surface area (Å²) >= 11 is 0. The number of hydrogen-bond donors (Lipinski definition) is 1. The van der Waals surface area contributed by atoms with E-state index in [1.807, 2.05) is 11.1 Å². The lowest BCUT2D eigenvalue weighted by molar-refractivity contribution is -0.137. The number of nitrogens with one attached hydrogen (secondary N) is 1. The second-order valence-corrected chi connectivity index (χ2v) is 6.97. The van der Waals surface area contributed by atoms with Crippen molar-refractivity contribution < 1.29 is 13.9 Å². The third kappa shape index (κ3) is 4.08. The molecule has 1 fully saturated rings. The predicted octanol–water partition coefficient (Wildman–Crippen LogP) is 2.39. The number of likely N-dealkylation sites (tertiary alicyclic amines) is 1. The first-order chi connectivity index (χ1) is 13.2. The highest BCUT2D eigenvalue weighted by atomic mass is 19.1. The van der Waals surface area contributed by atoms with Crippen molar-refractivity contribution >= 4 is 5.91 Å². The van der Waals surface area contributed by atoms with Gasteiger partial charge in [-0.1, -0.05) is 0 Å². The maximum Gasteiger partial charge on any atom is 0.261 e. The molecule has 0 spiro atoms. The van der Waals surface area contributed by atoms with Crippen molar-refractivity contribution in [3.8, 4) is 5.75 Å². The summed E-state index contributed by atoms with van der Waals surface area (Å²) < 4.78 is 18.5. The first-order valence-electron chi connectivity index (χ1n) is 9.44. The number of ether oxygens (including phenoxy) is 1. The van der Waals surface area contributed by atoms with E-state index < -0.39 is 0 Å². The number of benzene rings is 1. The zero-order chi connectivity index (χ0) is 18.6. The summed E-state index contributed by atoms with van der Waals surface area (Å²) in [5, 5.41) is 3.32. The Morgan fingerprint density at radius 1 is 1.30 bits per heavy atom. The second kappa shape index (κ2) is 8.00. The summed E-state index contributed by atoms with van der Waals surface area (Å²) in [6.45, 7) is 2.33. The van der Waals surface area contributed by atoms with Crippen LogP contribution in [0.1, 0.15) is 42.4 Å². The van der Waals surface area contributed by atoms with Gasteiger partial charge in [0.05, 0.1) is 6.04 Å². The molecule has 1 aromatic carbocycles. The van der Waals surface area contributed by atoms with Gasteiger partial charge in [0.15, 0.2) is 12.4 Å². The smallest absolute Gasteiger partial charge is 0.261 e. The van der Waals surface area contributed by atoms with Gasteiger partial charge in [0, 0.05) is 43.5 Å². The highest BCUT2D eigenvalue weighted by molar-refractivity contribution is 5.78. The van der Waals surface area contributed by atoms with E-state index in [4.69, 9.17) is 9.72 Å². The zero-order valence-corrected chi connectivity index (χ0v) is 15.2. The second-order valence-electron chi connectivity index (χ2n) is 6.97. The number of carbonyl (C=O) groups is 1. The lowest BCUT2D eigenvalue weighted by Gasteiger charge is -2.35. The van der Waals surface area contributed by atoms with Crippen LogP contribution in [-0.4, -0.2) is 40.5 Å². The van der Waals surface area contributed by atoms with Gasteiger partial charge in [-0.2, -0.15) is 0 Å². The molecule has 2 aliphatic heterocycles. The van der Waals surface area contributed by atoms with Crippen LogP contribution >= 0.6 is 0 Å². The third-order valence-corrected chi connectivity index (χ3v) is 5.12. The molecular formula is C20H23FN4O2. The lowest BCUT2D eigenvalue weighted by atomic mass is 10.0. The molecule has 0 bridgehead atoms. The maximum absolute atomic E-state index is 13.0. The molecule has 2 aromatic rings. The van der Waals surface area contributed by atoms with Crippen molar-refractivity contribution in [3.63, 3.8) is 0 Å². The maximum atomic E-state index is 13.0. The molecule has 0 radical (unpaired) electrons. The van der Waals surface area contributed by atoms with Crippen LogP contribution in [0, 0.1) is 5.82 Å². The fraction of sp³-hybridized carbons (Fsp3) is 0.450. The van der Waals surface area contributed by atoms with E-state index >= 15 is 0 Å². The lowest BCUT2D eigenvalue weighted by Crippen LogP contribution is -2.42. The SMILES string of the molecule is O=C(COc1ccc(F)cc1)N1CCCC[C@H]1c1ncc2c(n1)CCNC2. The summed E-state index contributed by atoms with van der Waals surface area (Å²) in [5.74, 6) is 0.790. The van der Waals surface area contributed by atoms with Gasteiger partial charge in [0.2, 0.25) is 0 Å². The summed E-state index contributed by atoms with van der Waals surface area (Å²) in [4.78, 5) is 23.9. The van der Waals surface area contributed by atoms with Crippen LogP contribution < -0.4 is 10.1 Å². The molecule has 0 unspecified atom stereocenters. The van der Waals surface area contributed by atoms with Crippen LogP contribution in [-0.2, 0) is 17.8 Å². The van der Waals surface area contributed by atoms with Gasteiger partial charge in [-0.3, -0.25) is 4.79 Å². The predicted molar refractivity (Wildman–Crippen MR) is 97.6 cm³/mol. The van der Waals surface area contributed by atoms with Gasteiger partial charge < -0.3 is 15.0 Å². The Morgan fingerprint density at radius 3 is 3.00 bits per heavy atom. The average molecular weight is 370 g/mol. The number of hydrogen-bond acceptors (Lipinski definition) is 5. The number of piperidine rings is 1. The molecule has 0 saturated carbocycles. The minimum atomic E-state index is -0.329. The topological polar surface area (TPSA) is 67.3 Å². The Balaban J connectivity index is 1.46. The number of nitrogens with zero attached hydrogens (tertiary/aromatic N) is 3. The zero-order valence-electron chi connectivity index (χ0n) is 15.2. The molecule has 6 nitrogen and oxygen atoms in total. The molecule has 1 saturated heterocycles. The molecule has 142 valence electrons. The van der Waals surface area contributed by atoms with E-state index in [0.717, 1.165) is 55.9 Å². The van der Waals surface area contributed by atoms with Crippen LogP contribution in [0.5, 0.6) is 5.75 Å². The van der Waals surface area contributed by atoms with Gasteiger partial charge >= 0.3 is 0 Å². The van der Waals surface area contributed by atoms with E-state index in [9.17, 15) is 9.18 Å². The molecule has 27 heavy (non-hydrogen) atoms. The van der Waals surface area contributed by atoms with E-state index in [-0.39, 0.29) is 24.4 Å². The monoisotopic (exact) mass is 370 g/mol. The van der Waals surface area contributed by atoms with Gasteiger partial charge in [-0.05, 0) is 43.5 Å². The average Bonchev–Trinajstić information content (AvgIpc) is 2.73. The number of aromatic nitrogens is 2. The quantitative estimate of drug-likeness (QED) is 0.895. The van der Waals surface area contributed by atoms with Crippen molar-refractivity contribution in [1.29, 1.82) is 0 Å². The van der Waals surface area contributed by atoms with Crippen molar-refractivity contribution in [2.24, 2.45) is 0 Å². The fourth-order valence-electron chi connectivity index (χ4n) is 3.67. The molecule has 4 rings (SSSR count). The van der Waals surface area contributed by atoms with Crippen LogP contribution in [0.25, 0.3) is 0 Å². The highest BCUT2D eigenvalue weighted by Crippen LogP contribution is 2.29. The standard InChI is InChI=1S/C20H23FN4O2/c21-15-4-6-16(7-5-15)27-13-19(26)25-10-2-1-3-18(25)20-23-12-14-11-22-9-8-17(14)24-20/h4-7,12,18,22H,1-3,8-11,13H2/t18-/m0/s1. The minimum Gasteiger partial charge on any atom is -0.484 e. The van der Waals surface area contributed by atoms with Crippen LogP contribution in [0.4, 0.5) is 4.39 Å². The summed E-state index contributed by atoms with van der Waals surface area (Å²) in [6, 6.07) is 5.58. The molecule has 1 N–H and O–H groups in total. The molecule has 1 amide bonds. The first kappa shape index (κ1) is 17.9. The molecule has 0 aliphatic carbocycles. The highest BCUT2D eigenvalue weighted by Gasteiger charge is 2.30. The number of halogens is 1. The van der Waals surface area contributed by atoms with Gasteiger partial charge in [0.1, 0.15) is 11.6 Å². The largest absolute Gasteiger partial charge is 0.484 e. The summed E-state index contributed by atoms with van der Waals surface area (Å²) in [5.41, 5.74) is 2.22. The molecular weight excluding hydrogens is 347 g/mol. The van der Waals surface area contributed by atoms with Crippen molar-refractivity contribution in [2.45, 2.75) is 38.3 Å². The normalized spacial score (nSPS) is 19.4. The van der Waals surface area contributed by atoms with E-state index in [1.165, 1.54) is 24.3 Å². The van der Waals surface area contributed by atoms with E-state index in [1.54, 1.807) is 0 Å². The van der Waals surface area contributed by atoms with E-state index in [2.05, 4.69) is 10.3 Å². The van der Waals surface area contributed by atoms with Gasteiger partial charge in [-0.15, -0.1) is 0 Å². The van der Waals surface area contributed by atoms with Crippen molar-refractivity contribution in [1.82, 2.24) is 20.2 Å². The Morgan fingerprint density at radius 2 is 2.15 bits per heavy atom. The number of amides is 1. The molecule has 2 aliphatic rings. The Hall–Kier alpha value is -2.54. The fourth-order valence-corrected chi connectivity index (χ4v) is 3.67. The number of fused-ring (bicyclic) bond motifs is 1. The van der Waals surface area contributed by atoms with Gasteiger partial charge in [-0.25, -0.2) is 14.4 Å². The number of rotatable bonds is 4.